The first kappa shape index (κ1) is 18.4. The number of quaternary nitrogens is 1. The highest BCUT2D eigenvalue weighted by Crippen LogP contribution is 2.13. The predicted molar refractivity (Wildman–Crippen MR) is 88.4 cm³/mol. The van der Waals surface area contributed by atoms with Gasteiger partial charge in [0.1, 0.15) is 0 Å². The van der Waals surface area contributed by atoms with E-state index in [1.165, 1.54) is 64.5 Å². The molecule has 0 aromatic carbocycles. The zero-order chi connectivity index (χ0) is 14.4. The molecule has 0 aliphatic rings. The Balaban J connectivity index is 3.74. The molecular weight excluding hydrogens is 230 g/mol. The van der Waals surface area contributed by atoms with E-state index in [0.29, 0.717) is 0 Å². The normalized spacial score (nSPS) is 11.5. The first-order valence-electron chi connectivity index (χ1n) is 8.31. The molecule has 0 rings (SSSR count). The van der Waals surface area contributed by atoms with E-state index in [1.807, 2.05) is 0 Å². The van der Waals surface area contributed by atoms with Gasteiger partial charge in [-0.15, -0.1) is 0 Å². The second kappa shape index (κ2) is 12.5. The first-order valence-corrected chi connectivity index (χ1v) is 8.31. The molecule has 1 nitrogen and oxygen atoms in total. The number of rotatable bonds is 14. The Morgan fingerprint density at radius 2 is 1.21 bits per heavy atom. The van der Waals surface area contributed by atoms with E-state index in [4.69, 9.17) is 0 Å². The number of hydrogen-bond acceptors (Lipinski definition) is 0. The van der Waals surface area contributed by atoms with Crippen LogP contribution in [-0.2, 0) is 0 Å². The van der Waals surface area contributed by atoms with Crippen molar-refractivity contribution in [2.24, 2.45) is 0 Å². The number of nitrogens with zero attached hydrogens (tertiary/aromatic N) is 1. The van der Waals surface area contributed by atoms with Crippen molar-refractivity contribution in [3.63, 3.8) is 0 Å². The van der Waals surface area contributed by atoms with E-state index < -0.39 is 0 Å². The molecule has 0 N–H and O–H groups in total. The van der Waals surface area contributed by atoms with Gasteiger partial charge in [0.2, 0.25) is 0 Å². The largest absolute Gasteiger partial charge is 0.317 e. The Morgan fingerprint density at radius 3 is 1.63 bits per heavy atom. The third-order valence-corrected chi connectivity index (χ3v) is 4.19. The van der Waals surface area contributed by atoms with Gasteiger partial charge >= 0.3 is 0 Å². The van der Waals surface area contributed by atoms with Crippen LogP contribution in [0.4, 0.5) is 0 Å². The van der Waals surface area contributed by atoms with Crippen LogP contribution < -0.4 is 0 Å². The van der Waals surface area contributed by atoms with Crippen LogP contribution >= 0.6 is 0 Å². The van der Waals surface area contributed by atoms with Crippen LogP contribution in [0.15, 0.2) is 25.3 Å². The summed E-state index contributed by atoms with van der Waals surface area (Å²) in [5.41, 5.74) is 0. The van der Waals surface area contributed by atoms with Gasteiger partial charge in [-0.1, -0.05) is 58.6 Å². The number of likely N-dealkylation sites (N-methyl/N-ethyl adjacent to an activating group) is 1. The Bertz CT molecular complexity index is 210. The van der Waals surface area contributed by atoms with E-state index >= 15 is 0 Å². The average molecular weight is 266 g/mol. The van der Waals surface area contributed by atoms with Gasteiger partial charge in [0, 0.05) is 0 Å². The van der Waals surface area contributed by atoms with Crippen molar-refractivity contribution in [3.05, 3.63) is 25.3 Å². The molecule has 0 atom stereocenters. The SMILES string of the molecule is C=CC[N+](CC)(CC=C)CCCCCCCCCC. The van der Waals surface area contributed by atoms with Crippen molar-refractivity contribution in [2.75, 3.05) is 26.2 Å². The average Bonchev–Trinajstić information content (AvgIpc) is 2.42. The zero-order valence-corrected chi connectivity index (χ0v) is 13.5. The lowest BCUT2D eigenvalue weighted by molar-refractivity contribution is -0.915. The van der Waals surface area contributed by atoms with Crippen LogP contribution in [-0.4, -0.2) is 30.7 Å². The molecule has 0 aromatic heterocycles. The van der Waals surface area contributed by atoms with Gasteiger partial charge in [-0.05, 0) is 31.9 Å². The standard InChI is InChI=1S/C18H36N/c1-5-9-10-11-12-13-14-15-18-19(8-4,16-6-2)17-7-3/h6-7H,2-3,5,8-18H2,1,4H3/q+1. The van der Waals surface area contributed by atoms with Crippen molar-refractivity contribution >= 4 is 0 Å². The summed E-state index contributed by atoms with van der Waals surface area (Å²) >= 11 is 0. The molecule has 112 valence electrons. The Morgan fingerprint density at radius 1 is 0.737 bits per heavy atom. The molecule has 1 heteroatoms. The summed E-state index contributed by atoms with van der Waals surface area (Å²) in [6.07, 6.45) is 15.3. The fourth-order valence-corrected chi connectivity index (χ4v) is 2.80. The molecule has 0 fully saturated rings. The Labute approximate surface area is 122 Å². The van der Waals surface area contributed by atoms with Crippen LogP contribution in [0, 0.1) is 0 Å². The highest BCUT2D eigenvalue weighted by Gasteiger charge is 2.21. The fourth-order valence-electron chi connectivity index (χ4n) is 2.80. The van der Waals surface area contributed by atoms with Crippen molar-refractivity contribution in [2.45, 2.75) is 65.2 Å². The lowest BCUT2D eigenvalue weighted by atomic mass is 10.1. The van der Waals surface area contributed by atoms with Crippen LogP contribution in [0.2, 0.25) is 0 Å². The maximum absolute atomic E-state index is 3.91. The van der Waals surface area contributed by atoms with Gasteiger partial charge in [0.15, 0.2) is 0 Å². The van der Waals surface area contributed by atoms with Crippen LogP contribution in [0.25, 0.3) is 0 Å². The lowest BCUT2D eigenvalue weighted by Crippen LogP contribution is -2.48. The van der Waals surface area contributed by atoms with Crippen molar-refractivity contribution < 1.29 is 4.48 Å². The van der Waals surface area contributed by atoms with Gasteiger partial charge in [-0.3, -0.25) is 0 Å². The molecule has 0 amide bonds. The van der Waals surface area contributed by atoms with E-state index in [0.717, 1.165) is 17.6 Å². The summed E-state index contributed by atoms with van der Waals surface area (Å²) in [6, 6.07) is 0. The van der Waals surface area contributed by atoms with Gasteiger partial charge < -0.3 is 4.48 Å². The van der Waals surface area contributed by atoms with Crippen molar-refractivity contribution in [1.82, 2.24) is 0 Å². The molecule has 0 spiro atoms. The van der Waals surface area contributed by atoms with Crippen LogP contribution in [0.3, 0.4) is 0 Å². The Kier molecular flexibility index (Phi) is 12.1. The monoisotopic (exact) mass is 266 g/mol. The van der Waals surface area contributed by atoms with E-state index in [-0.39, 0.29) is 0 Å². The predicted octanol–water partition coefficient (Wildman–Crippen LogP) is 5.34. The van der Waals surface area contributed by atoms with Crippen molar-refractivity contribution in [1.29, 1.82) is 0 Å². The second-order valence-electron chi connectivity index (χ2n) is 5.80. The summed E-state index contributed by atoms with van der Waals surface area (Å²) in [5, 5.41) is 0. The molecule has 0 aromatic rings. The molecule has 0 bridgehead atoms. The van der Waals surface area contributed by atoms with Gasteiger partial charge in [-0.25, -0.2) is 0 Å². The first-order chi connectivity index (χ1) is 9.24. The quantitative estimate of drug-likeness (QED) is 0.226. The highest BCUT2D eigenvalue weighted by molar-refractivity contribution is 4.71. The zero-order valence-electron chi connectivity index (χ0n) is 13.5. The minimum absolute atomic E-state index is 1.08. The number of hydrogen-bond donors (Lipinski definition) is 0. The highest BCUT2D eigenvalue weighted by atomic mass is 15.3. The van der Waals surface area contributed by atoms with Gasteiger partial charge in [0.25, 0.3) is 0 Å². The maximum Gasteiger partial charge on any atom is 0.0973 e. The molecular formula is C18H36N+. The molecule has 0 radical (unpaired) electrons. The molecule has 0 saturated heterocycles. The Hall–Kier alpha value is -0.560. The maximum atomic E-state index is 3.91. The summed E-state index contributed by atoms with van der Waals surface area (Å²) in [7, 11) is 0. The summed E-state index contributed by atoms with van der Waals surface area (Å²) in [6.45, 7) is 17.0. The van der Waals surface area contributed by atoms with Crippen molar-refractivity contribution in [3.8, 4) is 0 Å². The van der Waals surface area contributed by atoms with Crippen LogP contribution in [0.5, 0.6) is 0 Å². The molecule has 0 aliphatic heterocycles. The third-order valence-electron chi connectivity index (χ3n) is 4.19. The summed E-state index contributed by atoms with van der Waals surface area (Å²) in [4.78, 5) is 0. The topological polar surface area (TPSA) is 0 Å². The molecule has 0 saturated carbocycles. The van der Waals surface area contributed by atoms with E-state index in [1.54, 1.807) is 0 Å². The number of unbranched alkanes of at least 4 members (excludes halogenated alkanes) is 7. The van der Waals surface area contributed by atoms with E-state index in [2.05, 4.69) is 39.2 Å². The van der Waals surface area contributed by atoms with Crippen LogP contribution in [0.1, 0.15) is 65.2 Å². The summed E-state index contributed by atoms with van der Waals surface area (Å²) in [5.74, 6) is 0. The summed E-state index contributed by atoms with van der Waals surface area (Å²) < 4.78 is 1.14. The van der Waals surface area contributed by atoms with Gasteiger partial charge in [0.05, 0.1) is 26.2 Å². The lowest BCUT2D eigenvalue weighted by Gasteiger charge is -2.36. The smallest absolute Gasteiger partial charge is 0.0973 e. The molecule has 0 aliphatic carbocycles. The third kappa shape index (κ3) is 9.04. The van der Waals surface area contributed by atoms with Gasteiger partial charge in [-0.2, -0.15) is 0 Å². The second-order valence-corrected chi connectivity index (χ2v) is 5.80. The molecule has 0 unspecified atom stereocenters. The fraction of sp³-hybridized carbons (Fsp3) is 0.778. The molecule has 19 heavy (non-hydrogen) atoms. The minimum atomic E-state index is 1.08. The minimum Gasteiger partial charge on any atom is -0.317 e. The molecule has 0 heterocycles. The van der Waals surface area contributed by atoms with E-state index in [9.17, 15) is 0 Å².